The van der Waals surface area contributed by atoms with Crippen LogP contribution in [0.5, 0.6) is 0 Å². The normalized spacial score (nSPS) is 12.8. The van der Waals surface area contributed by atoms with E-state index in [1.165, 1.54) is 0 Å². The van der Waals surface area contributed by atoms with Crippen LogP contribution in [0.3, 0.4) is 0 Å². The van der Waals surface area contributed by atoms with Crippen LogP contribution in [-0.4, -0.2) is 11.2 Å². The molecule has 0 aliphatic heterocycles. The van der Waals surface area contributed by atoms with Gasteiger partial charge in [-0.05, 0) is 18.1 Å². The molecule has 0 aliphatic carbocycles. The summed E-state index contributed by atoms with van der Waals surface area (Å²) in [5.74, 6) is 0. The third-order valence-corrected chi connectivity index (χ3v) is 1.98. The molecule has 0 aromatic heterocycles. The molecule has 2 nitrogen and oxygen atoms in total. The van der Waals surface area contributed by atoms with Crippen molar-refractivity contribution in [2.24, 2.45) is 0 Å². The summed E-state index contributed by atoms with van der Waals surface area (Å²) in [6, 6.07) is 7.65. The van der Waals surface area contributed by atoms with Crippen molar-refractivity contribution in [2.75, 3.05) is 5.73 Å². The van der Waals surface area contributed by atoms with Crippen LogP contribution in [0.15, 0.2) is 24.3 Å². The average Bonchev–Trinajstić information content (AvgIpc) is 2.09. The second-order valence-corrected chi connectivity index (χ2v) is 2.97. The van der Waals surface area contributed by atoms with Crippen molar-refractivity contribution in [1.82, 2.24) is 0 Å². The van der Waals surface area contributed by atoms with Gasteiger partial charge in [-0.3, -0.25) is 0 Å². The summed E-state index contributed by atoms with van der Waals surface area (Å²) in [5, 5.41) is 9.38. The number of para-hydroxylation sites is 1. The molecule has 0 bridgehead atoms. The molecule has 1 atom stereocenters. The van der Waals surface area contributed by atoms with E-state index in [1.54, 1.807) is 0 Å². The lowest BCUT2D eigenvalue weighted by Crippen LogP contribution is -2.09. The zero-order valence-corrected chi connectivity index (χ0v) is 7.33. The lowest BCUT2D eigenvalue weighted by molar-refractivity contribution is 0.171. The minimum Gasteiger partial charge on any atom is -0.399 e. The summed E-state index contributed by atoms with van der Waals surface area (Å²) < 4.78 is 0. The first-order valence-electron chi connectivity index (χ1n) is 4.25. The number of anilines is 1. The molecule has 2 heteroatoms. The highest BCUT2D eigenvalue weighted by Crippen LogP contribution is 2.13. The van der Waals surface area contributed by atoms with Gasteiger partial charge < -0.3 is 10.8 Å². The fourth-order valence-corrected chi connectivity index (χ4v) is 1.12. The SMILES string of the molecule is CCC(O)Cc1ccccc1N. The van der Waals surface area contributed by atoms with Crippen molar-refractivity contribution >= 4 is 5.69 Å². The van der Waals surface area contributed by atoms with Crippen LogP contribution in [-0.2, 0) is 6.42 Å². The van der Waals surface area contributed by atoms with Crippen molar-refractivity contribution in [1.29, 1.82) is 0 Å². The first-order valence-corrected chi connectivity index (χ1v) is 4.25. The zero-order chi connectivity index (χ0) is 8.97. The Morgan fingerprint density at radius 2 is 2.08 bits per heavy atom. The standard InChI is InChI=1S/C10H15NO/c1-2-9(12)7-8-5-3-4-6-10(8)11/h3-6,9,12H,2,7,11H2,1H3. The molecule has 66 valence electrons. The number of rotatable bonds is 3. The molecule has 0 heterocycles. The van der Waals surface area contributed by atoms with Crippen LogP contribution in [0.1, 0.15) is 18.9 Å². The predicted molar refractivity (Wildman–Crippen MR) is 50.9 cm³/mol. The van der Waals surface area contributed by atoms with Gasteiger partial charge in [-0.2, -0.15) is 0 Å². The minimum atomic E-state index is -0.269. The van der Waals surface area contributed by atoms with E-state index in [9.17, 15) is 5.11 Å². The van der Waals surface area contributed by atoms with Crippen LogP contribution in [0.25, 0.3) is 0 Å². The van der Waals surface area contributed by atoms with E-state index in [1.807, 2.05) is 31.2 Å². The molecule has 0 saturated carbocycles. The molecule has 1 unspecified atom stereocenters. The Hall–Kier alpha value is -1.02. The van der Waals surface area contributed by atoms with E-state index in [2.05, 4.69) is 0 Å². The van der Waals surface area contributed by atoms with Crippen LogP contribution in [0.4, 0.5) is 5.69 Å². The van der Waals surface area contributed by atoms with Crippen molar-refractivity contribution in [3.63, 3.8) is 0 Å². The molecule has 1 aromatic carbocycles. The largest absolute Gasteiger partial charge is 0.399 e. The van der Waals surface area contributed by atoms with E-state index in [0.29, 0.717) is 6.42 Å². The van der Waals surface area contributed by atoms with Crippen LogP contribution in [0, 0.1) is 0 Å². The highest BCUT2D eigenvalue weighted by molar-refractivity contribution is 5.46. The summed E-state index contributed by atoms with van der Waals surface area (Å²) in [6.07, 6.45) is 1.16. The minimum absolute atomic E-state index is 0.269. The number of benzene rings is 1. The lowest BCUT2D eigenvalue weighted by Gasteiger charge is -2.09. The maximum atomic E-state index is 9.38. The van der Waals surface area contributed by atoms with Gasteiger partial charge >= 0.3 is 0 Å². The number of hydrogen-bond acceptors (Lipinski definition) is 2. The highest BCUT2D eigenvalue weighted by Gasteiger charge is 2.04. The van der Waals surface area contributed by atoms with Crippen molar-refractivity contribution < 1.29 is 5.11 Å². The number of nitrogen functional groups attached to an aromatic ring is 1. The lowest BCUT2D eigenvalue weighted by atomic mass is 10.0. The molecule has 0 aliphatic rings. The summed E-state index contributed by atoms with van der Waals surface area (Å²) in [4.78, 5) is 0. The van der Waals surface area contributed by atoms with E-state index < -0.39 is 0 Å². The first-order chi connectivity index (χ1) is 5.74. The number of aliphatic hydroxyl groups is 1. The fourth-order valence-electron chi connectivity index (χ4n) is 1.12. The summed E-state index contributed by atoms with van der Waals surface area (Å²) in [7, 11) is 0. The highest BCUT2D eigenvalue weighted by atomic mass is 16.3. The Balaban J connectivity index is 2.69. The van der Waals surface area contributed by atoms with E-state index in [0.717, 1.165) is 17.7 Å². The number of nitrogens with two attached hydrogens (primary N) is 1. The molecule has 12 heavy (non-hydrogen) atoms. The average molecular weight is 165 g/mol. The van der Waals surface area contributed by atoms with Gasteiger partial charge in [0, 0.05) is 12.1 Å². The Bertz CT molecular complexity index is 247. The molecule has 0 radical (unpaired) electrons. The van der Waals surface area contributed by atoms with Crippen molar-refractivity contribution in [3.05, 3.63) is 29.8 Å². The Kier molecular flexibility index (Phi) is 3.11. The number of hydrogen-bond donors (Lipinski definition) is 2. The molecule has 0 amide bonds. The van der Waals surface area contributed by atoms with Crippen molar-refractivity contribution in [2.45, 2.75) is 25.9 Å². The predicted octanol–water partition coefficient (Wildman–Crippen LogP) is 1.58. The van der Waals surface area contributed by atoms with Crippen LogP contribution >= 0.6 is 0 Å². The van der Waals surface area contributed by atoms with Gasteiger partial charge in [-0.15, -0.1) is 0 Å². The number of aliphatic hydroxyl groups excluding tert-OH is 1. The van der Waals surface area contributed by atoms with E-state index >= 15 is 0 Å². The second kappa shape index (κ2) is 4.12. The zero-order valence-electron chi connectivity index (χ0n) is 7.33. The van der Waals surface area contributed by atoms with Gasteiger partial charge in [0.05, 0.1) is 6.10 Å². The third kappa shape index (κ3) is 2.24. The molecule has 1 rings (SSSR count). The Morgan fingerprint density at radius 1 is 1.42 bits per heavy atom. The maximum Gasteiger partial charge on any atom is 0.0578 e. The molecule has 0 fully saturated rings. The van der Waals surface area contributed by atoms with Crippen molar-refractivity contribution in [3.8, 4) is 0 Å². The maximum absolute atomic E-state index is 9.38. The molecule has 3 N–H and O–H groups in total. The van der Waals surface area contributed by atoms with E-state index in [4.69, 9.17) is 5.73 Å². The van der Waals surface area contributed by atoms with Gasteiger partial charge in [0.25, 0.3) is 0 Å². The summed E-state index contributed by atoms with van der Waals surface area (Å²) in [5.41, 5.74) is 7.52. The molecule has 1 aromatic rings. The van der Waals surface area contributed by atoms with Gasteiger partial charge in [-0.1, -0.05) is 25.1 Å². The topological polar surface area (TPSA) is 46.2 Å². The first kappa shape index (κ1) is 9.07. The monoisotopic (exact) mass is 165 g/mol. The van der Waals surface area contributed by atoms with E-state index in [-0.39, 0.29) is 6.10 Å². The molecular weight excluding hydrogens is 150 g/mol. The van der Waals surface area contributed by atoms with Crippen LogP contribution < -0.4 is 5.73 Å². The second-order valence-electron chi connectivity index (χ2n) is 2.97. The molecule has 0 spiro atoms. The van der Waals surface area contributed by atoms with Gasteiger partial charge in [0.15, 0.2) is 0 Å². The van der Waals surface area contributed by atoms with Gasteiger partial charge in [0.1, 0.15) is 0 Å². The summed E-state index contributed by atoms with van der Waals surface area (Å²) in [6.45, 7) is 1.96. The molecule has 0 saturated heterocycles. The third-order valence-electron chi connectivity index (χ3n) is 1.98. The Labute approximate surface area is 73.0 Å². The van der Waals surface area contributed by atoms with Gasteiger partial charge in [-0.25, -0.2) is 0 Å². The summed E-state index contributed by atoms with van der Waals surface area (Å²) >= 11 is 0. The Morgan fingerprint density at radius 3 is 2.67 bits per heavy atom. The molecular formula is C10H15NO. The van der Waals surface area contributed by atoms with Gasteiger partial charge in [0.2, 0.25) is 0 Å². The van der Waals surface area contributed by atoms with Crippen LogP contribution in [0.2, 0.25) is 0 Å². The smallest absolute Gasteiger partial charge is 0.0578 e. The fraction of sp³-hybridized carbons (Fsp3) is 0.400. The quantitative estimate of drug-likeness (QED) is 0.668.